The fourth-order valence-electron chi connectivity index (χ4n) is 4.14. The molecule has 0 aliphatic rings. The maximum absolute atomic E-state index is 14.2. The van der Waals surface area contributed by atoms with Crippen molar-refractivity contribution in [1.82, 2.24) is 10.6 Å². The minimum absolute atomic E-state index is 0.0657. The summed E-state index contributed by atoms with van der Waals surface area (Å²) in [6, 6.07) is 6.82. The lowest BCUT2D eigenvalue weighted by Crippen LogP contribution is -2.58. The van der Waals surface area contributed by atoms with Gasteiger partial charge in [-0.15, -0.1) is 12.6 Å². The summed E-state index contributed by atoms with van der Waals surface area (Å²) >= 11 is 11.4. The van der Waals surface area contributed by atoms with Crippen LogP contribution in [0.1, 0.15) is 43.9 Å². The van der Waals surface area contributed by atoms with E-state index in [1.807, 2.05) is 0 Å². The van der Waals surface area contributed by atoms with E-state index in [9.17, 15) is 33.8 Å². The molecule has 10 nitrogen and oxygen atoms in total. The van der Waals surface area contributed by atoms with Gasteiger partial charge in [-0.2, -0.15) is 11.8 Å². The Kier molecular flexibility index (Phi) is 15.2. The minimum atomic E-state index is -2.02. The van der Waals surface area contributed by atoms with Crippen LogP contribution in [0.25, 0.3) is 6.08 Å². The van der Waals surface area contributed by atoms with Crippen molar-refractivity contribution in [3.63, 3.8) is 0 Å². The zero-order valence-corrected chi connectivity index (χ0v) is 27.8. The smallest absolute Gasteiger partial charge is 0.330 e. The highest BCUT2D eigenvalue weighted by Crippen LogP contribution is 2.30. The van der Waals surface area contributed by atoms with Gasteiger partial charge in [0, 0.05) is 33.7 Å². The van der Waals surface area contributed by atoms with E-state index in [-0.39, 0.29) is 28.5 Å². The molecule has 2 rings (SSSR count). The number of hydrogen-bond acceptors (Lipinski definition) is 9. The van der Waals surface area contributed by atoms with Crippen LogP contribution in [0.3, 0.4) is 0 Å². The van der Waals surface area contributed by atoms with Crippen molar-refractivity contribution >= 4 is 65.8 Å². The summed E-state index contributed by atoms with van der Waals surface area (Å²) in [5.41, 5.74) is 1.33. The zero-order valence-electron chi connectivity index (χ0n) is 25.3. The van der Waals surface area contributed by atoms with Gasteiger partial charge in [-0.05, 0) is 48.7 Å². The van der Waals surface area contributed by atoms with Crippen molar-refractivity contribution in [3.05, 3.63) is 70.0 Å². The van der Waals surface area contributed by atoms with Gasteiger partial charge in [0.15, 0.2) is 0 Å². The van der Waals surface area contributed by atoms with Crippen LogP contribution in [0.15, 0.2) is 42.5 Å². The Morgan fingerprint density at radius 3 is 2.49 bits per heavy atom. The van der Waals surface area contributed by atoms with E-state index in [4.69, 9.17) is 16.3 Å². The monoisotopic (exact) mass is 684 g/mol. The molecule has 4 N–H and O–H groups in total. The van der Waals surface area contributed by atoms with Gasteiger partial charge in [-0.25, -0.2) is 9.18 Å². The quantitative estimate of drug-likeness (QED) is 0.0713. The number of ether oxygens (including phenoxy) is 2. The molecule has 0 unspecified atom stereocenters. The Labute approximate surface area is 276 Å². The van der Waals surface area contributed by atoms with Gasteiger partial charge in [0.05, 0.1) is 32.6 Å². The van der Waals surface area contributed by atoms with Crippen molar-refractivity contribution in [3.8, 4) is 5.75 Å². The average molecular weight is 685 g/mol. The molecule has 2 amide bonds. The third kappa shape index (κ3) is 12.2. The van der Waals surface area contributed by atoms with Crippen molar-refractivity contribution in [2.75, 3.05) is 19.5 Å². The van der Waals surface area contributed by atoms with Gasteiger partial charge in [0.2, 0.25) is 11.8 Å². The summed E-state index contributed by atoms with van der Waals surface area (Å²) in [5, 5.41) is 26.0. The van der Waals surface area contributed by atoms with Gasteiger partial charge >= 0.3 is 11.9 Å². The fourth-order valence-corrected chi connectivity index (χ4v) is 5.98. The lowest BCUT2D eigenvalue weighted by molar-refractivity contribution is -0.139. The van der Waals surface area contributed by atoms with Crippen LogP contribution in [-0.2, 0) is 36.1 Å². The average Bonchev–Trinajstić information content (AvgIpc) is 2.96. The van der Waals surface area contributed by atoms with Gasteiger partial charge < -0.3 is 30.3 Å². The maximum Gasteiger partial charge on any atom is 0.330 e. The molecule has 45 heavy (non-hydrogen) atoms. The predicted molar refractivity (Wildman–Crippen MR) is 175 cm³/mol. The van der Waals surface area contributed by atoms with Crippen molar-refractivity contribution in [2.45, 2.75) is 56.4 Å². The van der Waals surface area contributed by atoms with Gasteiger partial charge in [-0.1, -0.05) is 37.6 Å². The number of benzene rings is 2. The molecule has 0 fully saturated rings. The normalized spacial score (nSPS) is 14.0. The number of carbonyl (C=O) groups excluding carboxylic acids is 3. The third-order valence-corrected chi connectivity index (χ3v) is 8.66. The number of aliphatic carboxylic acids is 1. The van der Waals surface area contributed by atoms with Crippen LogP contribution < -0.4 is 15.4 Å². The molecule has 0 radical (unpaired) electrons. The Morgan fingerprint density at radius 1 is 1.18 bits per heavy atom. The number of methoxy groups -OCH3 is 1. The second-order valence-corrected chi connectivity index (χ2v) is 12.5. The highest BCUT2D eigenvalue weighted by atomic mass is 35.5. The molecule has 0 saturated heterocycles. The lowest BCUT2D eigenvalue weighted by atomic mass is 10.0. The van der Waals surface area contributed by atoms with Crippen LogP contribution in [0, 0.1) is 11.7 Å². The third-order valence-electron chi connectivity index (χ3n) is 6.49. The second-order valence-electron chi connectivity index (χ2n) is 10.4. The number of hydrogen-bond donors (Lipinski definition) is 5. The first-order valence-electron chi connectivity index (χ1n) is 14.0. The second kappa shape index (κ2) is 18.0. The van der Waals surface area contributed by atoms with E-state index in [1.54, 1.807) is 39.0 Å². The zero-order chi connectivity index (χ0) is 33.7. The fraction of sp³-hybridized carbons (Fsp3) is 0.419. The van der Waals surface area contributed by atoms with E-state index in [2.05, 4.69) is 28.0 Å². The van der Waals surface area contributed by atoms with E-state index in [0.717, 1.165) is 11.8 Å². The van der Waals surface area contributed by atoms with E-state index in [1.165, 1.54) is 37.5 Å². The van der Waals surface area contributed by atoms with Crippen LogP contribution >= 0.6 is 36.0 Å². The molecule has 3 atom stereocenters. The molecule has 246 valence electrons. The summed E-state index contributed by atoms with van der Waals surface area (Å²) in [5.74, 6) is -3.71. The van der Waals surface area contributed by atoms with Gasteiger partial charge in [-0.3, -0.25) is 14.4 Å². The van der Waals surface area contributed by atoms with Gasteiger partial charge in [0.25, 0.3) is 0 Å². The van der Waals surface area contributed by atoms with Crippen LogP contribution in [-0.4, -0.2) is 70.5 Å². The molecule has 0 heterocycles. The number of carbonyl (C=O) groups is 4. The molecule has 0 aliphatic heterocycles. The molecule has 0 spiro atoms. The molecule has 0 aromatic heterocycles. The molecule has 0 saturated carbocycles. The number of thioether (sulfide) groups is 1. The Morgan fingerprint density at radius 2 is 1.89 bits per heavy atom. The van der Waals surface area contributed by atoms with Crippen molar-refractivity contribution in [2.24, 2.45) is 5.92 Å². The number of thiol groups is 1. The van der Waals surface area contributed by atoms with E-state index in [0.29, 0.717) is 23.5 Å². The standard InChI is InChI=1S/C31H38ClFN2O8S2/c1-5-43-24-11-9-19(10-12-28(39)42-4)13-20(24)14-26(36)35-29(18(2)3)30(40)34-25(15-27(37)38)31(41,44)17-45-16-21-22(32)7-6-8-23(21)33/h6-13,18,25,29,41,44H,5,14-17H2,1-4H3,(H,34,40)(H,35,36)(H,37,38)/b12-10+/t25-,29-,31-/m0/s1. The lowest BCUT2D eigenvalue weighted by Gasteiger charge is -2.33. The first-order valence-corrected chi connectivity index (χ1v) is 15.9. The Bertz CT molecular complexity index is 1370. The summed E-state index contributed by atoms with van der Waals surface area (Å²) in [7, 11) is 1.26. The Hall–Kier alpha value is -3.26. The first-order chi connectivity index (χ1) is 21.2. The maximum atomic E-state index is 14.2. The van der Waals surface area contributed by atoms with E-state index < -0.39 is 58.9 Å². The van der Waals surface area contributed by atoms with Crippen LogP contribution in [0.4, 0.5) is 4.39 Å². The topological polar surface area (TPSA) is 151 Å². The largest absolute Gasteiger partial charge is 0.494 e. The molecule has 0 aliphatic carbocycles. The molecule has 2 aromatic carbocycles. The van der Waals surface area contributed by atoms with Crippen LogP contribution in [0.5, 0.6) is 5.75 Å². The molecule has 2 aromatic rings. The van der Waals surface area contributed by atoms with Crippen LogP contribution in [0.2, 0.25) is 5.02 Å². The Balaban J connectivity index is 2.18. The number of aliphatic hydroxyl groups is 1. The number of amides is 2. The number of nitrogens with one attached hydrogen (secondary N) is 2. The molecular weight excluding hydrogens is 647 g/mol. The summed E-state index contributed by atoms with van der Waals surface area (Å²) in [6.07, 6.45) is 1.92. The van der Waals surface area contributed by atoms with E-state index >= 15 is 0 Å². The van der Waals surface area contributed by atoms with Crippen molar-refractivity contribution < 1.29 is 43.3 Å². The number of esters is 1. The SMILES string of the molecule is CCOc1ccc(/C=C/C(=O)OC)cc1CC(=O)N[C@H](C(=O)N[C@@H](CC(=O)O)[C@@](O)(S)CSCc1c(F)cccc1Cl)C(C)C. The number of rotatable bonds is 17. The summed E-state index contributed by atoms with van der Waals surface area (Å²) < 4.78 is 24.4. The molecule has 0 bridgehead atoms. The highest BCUT2D eigenvalue weighted by Gasteiger charge is 2.38. The summed E-state index contributed by atoms with van der Waals surface area (Å²) in [4.78, 5) is 47.7. The minimum Gasteiger partial charge on any atom is -0.494 e. The number of halogens is 2. The summed E-state index contributed by atoms with van der Waals surface area (Å²) in [6.45, 7) is 5.52. The number of carboxylic acids is 1. The molecule has 14 heteroatoms. The number of carboxylic acid groups (broad SMARTS) is 1. The predicted octanol–water partition coefficient (Wildman–Crippen LogP) is 4.26. The molecular formula is C31H38ClFN2O8S2. The van der Waals surface area contributed by atoms with Crippen molar-refractivity contribution in [1.29, 1.82) is 0 Å². The van der Waals surface area contributed by atoms with Gasteiger partial charge in [0.1, 0.15) is 22.5 Å². The highest BCUT2D eigenvalue weighted by molar-refractivity contribution is 7.99. The first kappa shape index (κ1) is 37.9.